The fourth-order valence-corrected chi connectivity index (χ4v) is 4.45. The Kier molecular flexibility index (Phi) is 5.89. The molecule has 1 aliphatic rings. The molecule has 5 rings (SSSR count). The monoisotopic (exact) mass is 478 g/mol. The summed E-state index contributed by atoms with van der Waals surface area (Å²) in [5.74, 6) is 2.83. The normalized spacial score (nSPS) is 13.1. The summed E-state index contributed by atoms with van der Waals surface area (Å²) < 4.78 is 24.0. The quantitative estimate of drug-likeness (QED) is 0.286. The average Bonchev–Trinajstić information content (AvgIpc) is 3.57. The number of hydrogen-bond donors (Lipinski definition) is 1. The van der Waals surface area contributed by atoms with Crippen LogP contribution in [0.25, 0.3) is 22.6 Å². The van der Waals surface area contributed by atoms with E-state index in [4.69, 9.17) is 18.6 Å². The second kappa shape index (κ2) is 9.14. The zero-order valence-electron chi connectivity index (χ0n) is 18.6. The van der Waals surface area contributed by atoms with Gasteiger partial charge in [0, 0.05) is 23.7 Å². The fourth-order valence-electron chi connectivity index (χ4n) is 3.59. The summed E-state index contributed by atoms with van der Waals surface area (Å²) in [5.41, 5.74) is 1.27. The molecule has 174 valence electrons. The molecule has 0 fully saturated rings. The van der Waals surface area contributed by atoms with E-state index in [1.807, 2.05) is 35.8 Å². The highest BCUT2D eigenvalue weighted by atomic mass is 32.2. The van der Waals surface area contributed by atoms with Gasteiger partial charge in [0.25, 0.3) is 0 Å². The van der Waals surface area contributed by atoms with Gasteiger partial charge in [-0.15, -0.1) is 16.8 Å². The molecule has 0 unspecified atom stereocenters. The van der Waals surface area contributed by atoms with Gasteiger partial charge in [0.2, 0.25) is 18.5 Å². The van der Waals surface area contributed by atoms with Crippen molar-refractivity contribution in [2.75, 3.05) is 19.2 Å². The Morgan fingerprint density at radius 3 is 2.94 bits per heavy atom. The Hall–Kier alpha value is -3.92. The van der Waals surface area contributed by atoms with Gasteiger partial charge >= 0.3 is 0 Å². The van der Waals surface area contributed by atoms with Crippen molar-refractivity contribution in [1.29, 1.82) is 0 Å². The number of allylic oxidation sites excluding steroid dienone is 1. The summed E-state index contributed by atoms with van der Waals surface area (Å²) in [5, 5.41) is 12.6. The Morgan fingerprint density at radius 1 is 1.26 bits per heavy atom. The van der Waals surface area contributed by atoms with Gasteiger partial charge in [0.1, 0.15) is 0 Å². The lowest BCUT2D eigenvalue weighted by Gasteiger charge is -2.13. The third kappa shape index (κ3) is 4.08. The molecular formula is C24H22N4O5S. The highest BCUT2D eigenvalue weighted by Gasteiger charge is 2.23. The smallest absolute Gasteiger partial charge is 0.237 e. The molecular weight excluding hydrogens is 456 g/mol. The van der Waals surface area contributed by atoms with Crippen molar-refractivity contribution in [3.8, 4) is 28.8 Å². The predicted molar refractivity (Wildman–Crippen MR) is 128 cm³/mol. The molecule has 0 spiro atoms. The zero-order chi connectivity index (χ0) is 23.7. The summed E-state index contributed by atoms with van der Waals surface area (Å²) >= 11 is 1.30. The minimum absolute atomic E-state index is 0.174. The van der Waals surface area contributed by atoms with Crippen LogP contribution in [0.1, 0.15) is 6.92 Å². The van der Waals surface area contributed by atoms with Gasteiger partial charge in [-0.25, -0.2) is 0 Å². The first-order valence-corrected chi connectivity index (χ1v) is 11.4. The number of thioether (sulfide) groups is 1. The van der Waals surface area contributed by atoms with Crippen LogP contribution in [0.5, 0.6) is 17.2 Å². The maximum Gasteiger partial charge on any atom is 0.237 e. The first-order chi connectivity index (χ1) is 16.6. The van der Waals surface area contributed by atoms with E-state index in [0.29, 0.717) is 51.8 Å². The summed E-state index contributed by atoms with van der Waals surface area (Å²) in [6.07, 6.45) is 1.75. The van der Waals surface area contributed by atoms with E-state index >= 15 is 0 Å². The van der Waals surface area contributed by atoms with Crippen LogP contribution in [0.2, 0.25) is 0 Å². The number of nitrogens with zero attached hydrogens (tertiary/aromatic N) is 3. The number of para-hydroxylation sites is 1. The van der Waals surface area contributed by atoms with Crippen molar-refractivity contribution in [1.82, 2.24) is 14.8 Å². The Balaban J connectivity index is 1.37. The molecule has 1 amide bonds. The number of amides is 1. The van der Waals surface area contributed by atoms with Gasteiger partial charge in [0.05, 0.1) is 12.4 Å². The van der Waals surface area contributed by atoms with Crippen LogP contribution in [-0.4, -0.2) is 39.8 Å². The minimum atomic E-state index is -0.443. The third-order valence-corrected chi connectivity index (χ3v) is 6.35. The summed E-state index contributed by atoms with van der Waals surface area (Å²) in [4.78, 5) is 12.8. The average molecular weight is 479 g/mol. The zero-order valence-corrected chi connectivity index (χ0v) is 19.4. The fraction of sp³-hybridized carbons (Fsp3) is 0.208. The van der Waals surface area contributed by atoms with Gasteiger partial charge in [-0.1, -0.05) is 30.0 Å². The van der Waals surface area contributed by atoms with Crippen LogP contribution < -0.4 is 19.5 Å². The molecule has 1 aliphatic heterocycles. The van der Waals surface area contributed by atoms with Crippen LogP contribution in [0.15, 0.2) is 64.7 Å². The number of fused-ring (bicyclic) bond motifs is 2. The van der Waals surface area contributed by atoms with Gasteiger partial charge in [-0.2, -0.15) is 0 Å². The second-order valence-corrected chi connectivity index (χ2v) is 8.82. The van der Waals surface area contributed by atoms with Crippen LogP contribution >= 0.6 is 11.8 Å². The molecule has 0 radical (unpaired) electrons. The van der Waals surface area contributed by atoms with E-state index in [2.05, 4.69) is 22.1 Å². The molecule has 0 bridgehead atoms. The van der Waals surface area contributed by atoms with Gasteiger partial charge in [-0.05, 0) is 31.2 Å². The van der Waals surface area contributed by atoms with Gasteiger partial charge in [0.15, 0.2) is 33.7 Å². The molecule has 2 aromatic heterocycles. The lowest BCUT2D eigenvalue weighted by molar-refractivity contribution is -0.115. The molecule has 10 heteroatoms. The standard InChI is InChI=1S/C24H22N4O5S/c1-4-10-28-22(20-11-15-6-5-7-18(30-3)21(15)33-20)26-27-24(28)34-14(2)23(29)25-16-8-9-17-19(12-16)32-13-31-17/h4-9,11-12,14H,1,10,13H2,2-3H3,(H,25,29)/t14-/m1/s1. The van der Waals surface area contributed by atoms with Crippen LogP contribution in [-0.2, 0) is 11.3 Å². The number of rotatable bonds is 8. The molecule has 0 saturated heterocycles. The number of methoxy groups -OCH3 is 1. The molecule has 4 aromatic rings. The number of anilines is 1. The van der Waals surface area contributed by atoms with E-state index in [-0.39, 0.29) is 12.7 Å². The highest BCUT2D eigenvalue weighted by Crippen LogP contribution is 2.36. The highest BCUT2D eigenvalue weighted by molar-refractivity contribution is 8.00. The summed E-state index contributed by atoms with van der Waals surface area (Å²) in [6, 6.07) is 12.9. The topological polar surface area (TPSA) is 101 Å². The van der Waals surface area contributed by atoms with Crippen molar-refractivity contribution < 1.29 is 23.4 Å². The molecule has 2 aromatic carbocycles. The minimum Gasteiger partial charge on any atom is -0.493 e. The SMILES string of the molecule is C=CCn1c(S[C@H](C)C(=O)Nc2ccc3c(c2)OCO3)nnc1-c1cc2cccc(OC)c2o1. The van der Waals surface area contributed by atoms with Crippen molar-refractivity contribution in [2.45, 2.75) is 23.9 Å². The van der Waals surface area contributed by atoms with Gasteiger partial charge in [-0.3, -0.25) is 9.36 Å². The van der Waals surface area contributed by atoms with Crippen molar-refractivity contribution in [3.05, 3.63) is 55.1 Å². The lowest BCUT2D eigenvalue weighted by Crippen LogP contribution is -2.23. The largest absolute Gasteiger partial charge is 0.493 e. The number of furan rings is 1. The molecule has 9 nitrogen and oxygen atoms in total. The molecule has 3 heterocycles. The first kappa shape index (κ1) is 21.9. The maximum absolute atomic E-state index is 12.8. The Morgan fingerprint density at radius 2 is 2.12 bits per heavy atom. The van der Waals surface area contributed by atoms with Crippen molar-refractivity contribution in [3.63, 3.8) is 0 Å². The number of benzene rings is 2. The number of hydrogen-bond acceptors (Lipinski definition) is 8. The van der Waals surface area contributed by atoms with Crippen LogP contribution in [0.4, 0.5) is 5.69 Å². The summed E-state index contributed by atoms with van der Waals surface area (Å²) in [6.45, 7) is 6.29. The number of carbonyl (C=O) groups is 1. The number of nitrogens with one attached hydrogen (secondary N) is 1. The summed E-state index contributed by atoms with van der Waals surface area (Å²) in [7, 11) is 1.60. The molecule has 0 aliphatic carbocycles. The van der Waals surface area contributed by atoms with E-state index in [1.165, 1.54) is 11.8 Å². The number of ether oxygens (including phenoxy) is 3. The van der Waals surface area contributed by atoms with Crippen LogP contribution in [0.3, 0.4) is 0 Å². The molecule has 34 heavy (non-hydrogen) atoms. The lowest BCUT2D eigenvalue weighted by atomic mass is 10.2. The number of carbonyl (C=O) groups excluding carboxylic acids is 1. The molecule has 1 atom stereocenters. The first-order valence-electron chi connectivity index (χ1n) is 10.6. The molecule has 1 N–H and O–H groups in total. The Labute approximate surface area is 199 Å². The number of aromatic nitrogens is 3. The molecule has 0 saturated carbocycles. The maximum atomic E-state index is 12.8. The van der Waals surface area contributed by atoms with Gasteiger partial charge < -0.3 is 23.9 Å². The van der Waals surface area contributed by atoms with E-state index in [0.717, 1.165) is 5.39 Å². The van der Waals surface area contributed by atoms with E-state index < -0.39 is 5.25 Å². The second-order valence-electron chi connectivity index (χ2n) is 7.51. The predicted octanol–water partition coefficient (Wildman–Crippen LogP) is 4.73. The van der Waals surface area contributed by atoms with Crippen molar-refractivity contribution in [2.24, 2.45) is 0 Å². The van der Waals surface area contributed by atoms with E-state index in [9.17, 15) is 4.79 Å². The van der Waals surface area contributed by atoms with E-state index in [1.54, 1.807) is 31.4 Å². The van der Waals surface area contributed by atoms with Crippen molar-refractivity contribution >= 4 is 34.3 Å². The Bertz CT molecular complexity index is 1380. The third-order valence-electron chi connectivity index (χ3n) is 5.27. The van der Waals surface area contributed by atoms with Crippen LogP contribution in [0, 0.1) is 0 Å².